The average Bonchev–Trinajstić information content (AvgIpc) is 2.90. The molecular formula is C31H40N2O3. The number of rotatable bonds is 7. The van der Waals surface area contributed by atoms with Gasteiger partial charge in [-0.3, -0.25) is 0 Å². The van der Waals surface area contributed by atoms with Crippen LogP contribution in [0.4, 0.5) is 0 Å². The molecule has 0 bridgehead atoms. The fourth-order valence-corrected chi connectivity index (χ4v) is 5.91. The van der Waals surface area contributed by atoms with Crippen LogP contribution in [0.25, 0.3) is 10.8 Å². The molecule has 5 heteroatoms. The summed E-state index contributed by atoms with van der Waals surface area (Å²) in [7, 11) is 3.88. The van der Waals surface area contributed by atoms with Gasteiger partial charge in [-0.15, -0.1) is 0 Å². The number of methoxy groups -OCH3 is 1. The van der Waals surface area contributed by atoms with Crippen molar-refractivity contribution in [2.45, 2.75) is 44.5 Å². The number of hydrogen-bond acceptors (Lipinski definition) is 5. The summed E-state index contributed by atoms with van der Waals surface area (Å²) in [6.07, 6.45) is 2.61. The zero-order valence-corrected chi connectivity index (χ0v) is 22.0. The summed E-state index contributed by atoms with van der Waals surface area (Å²) >= 11 is 0. The third kappa shape index (κ3) is 5.45. The monoisotopic (exact) mass is 488 g/mol. The number of piperazine rings is 1. The van der Waals surface area contributed by atoms with Crippen LogP contribution in [0, 0.1) is 12.8 Å². The number of fused-ring (bicyclic) bond motifs is 1. The van der Waals surface area contributed by atoms with Gasteiger partial charge in [0.25, 0.3) is 0 Å². The van der Waals surface area contributed by atoms with E-state index in [2.05, 4.69) is 78.4 Å². The summed E-state index contributed by atoms with van der Waals surface area (Å²) in [4.78, 5) is 4.92. The van der Waals surface area contributed by atoms with E-state index in [4.69, 9.17) is 9.47 Å². The van der Waals surface area contributed by atoms with E-state index in [0.717, 1.165) is 67.7 Å². The molecule has 0 spiro atoms. The van der Waals surface area contributed by atoms with Crippen molar-refractivity contribution < 1.29 is 14.6 Å². The van der Waals surface area contributed by atoms with Crippen molar-refractivity contribution >= 4 is 10.8 Å². The molecule has 2 fully saturated rings. The molecule has 1 heterocycles. The summed E-state index contributed by atoms with van der Waals surface area (Å²) in [5.74, 6) is 0.973. The zero-order valence-electron chi connectivity index (χ0n) is 22.0. The molecule has 1 aliphatic heterocycles. The van der Waals surface area contributed by atoms with E-state index in [0.29, 0.717) is 13.0 Å². The molecule has 1 saturated heterocycles. The van der Waals surface area contributed by atoms with Gasteiger partial charge in [0.1, 0.15) is 5.75 Å². The second-order valence-corrected chi connectivity index (χ2v) is 10.8. The number of aryl methyl sites for hydroxylation is 1. The van der Waals surface area contributed by atoms with Gasteiger partial charge in [0.05, 0.1) is 25.4 Å². The molecule has 192 valence electrons. The van der Waals surface area contributed by atoms with Crippen molar-refractivity contribution in [3.05, 3.63) is 77.4 Å². The molecule has 3 unspecified atom stereocenters. The fraction of sp³-hybridized carbons (Fsp3) is 0.484. The lowest BCUT2D eigenvalue weighted by atomic mass is 9.70. The summed E-state index contributed by atoms with van der Waals surface area (Å²) < 4.78 is 11.9. The first kappa shape index (κ1) is 25.2. The van der Waals surface area contributed by atoms with Crippen LogP contribution in [0.15, 0.2) is 60.7 Å². The van der Waals surface area contributed by atoms with Crippen LogP contribution in [0.1, 0.15) is 36.0 Å². The Kier molecular flexibility index (Phi) is 7.63. The SMILES string of the molecule is COc1ccc2cc(C3(O)CCC(OCc4ccccc4C)CC3CN3CCN(C)CC3)ccc2c1. The number of aliphatic hydroxyl groups is 1. The molecule has 3 atom stereocenters. The minimum atomic E-state index is -0.861. The first-order valence-electron chi connectivity index (χ1n) is 13.3. The standard InChI is InChI=1S/C31H40N2O3/c1-23-6-4-5-7-26(23)22-36-30-12-13-31(34,28(20-30)21-33-16-14-32(2)15-17-33)27-10-8-25-19-29(35-3)11-9-24(25)18-27/h4-11,18-19,28,30,34H,12-17,20-22H2,1-3H3. The summed E-state index contributed by atoms with van der Waals surface area (Å²) in [6, 6.07) is 21.0. The molecule has 36 heavy (non-hydrogen) atoms. The summed E-state index contributed by atoms with van der Waals surface area (Å²) in [5.41, 5.74) is 2.68. The molecule has 0 amide bonds. The molecule has 0 radical (unpaired) electrons. The minimum absolute atomic E-state index is 0.118. The Morgan fingerprint density at radius 2 is 1.72 bits per heavy atom. The van der Waals surface area contributed by atoms with Crippen LogP contribution in [0.5, 0.6) is 5.75 Å². The highest BCUT2D eigenvalue weighted by Crippen LogP contribution is 2.44. The molecule has 2 aliphatic rings. The Bertz CT molecular complexity index is 1170. The molecule has 1 aliphatic carbocycles. The third-order valence-corrected chi connectivity index (χ3v) is 8.43. The van der Waals surface area contributed by atoms with Gasteiger partial charge in [0.15, 0.2) is 0 Å². The molecular weight excluding hydrogens is 448 g/mol. The highest BCUT2D eigenvalue weighted by molar-refractivity contribution is 5.84. The maximum Gasteiger partial charge on any atom is 0.119 e. The zero-order chi connectivity index (χ0) is 25.1. The van der Waals surface area contributed by atoms with E-state index in [1.54, 1.807) is 7.11 Å². The molecule has 3 aromatic carbocycles. The maximum atomic E-state index is 12.3. The van der Waals surface area contributed by atoms with Crippen molar-refractivity contribution in [3.8, 4) is 5.75 Å². The van der Waals surface area contributed by atoms with Gasteiger partial charge in [-0.05, 0) is 78.9 Å². The Morgan fingerprint density at radius 3 is 2.50 bits per heavy atom. The maximum absolute atomic E-state index is 12.3. The Balaban J connectivity index is 1.37. The van der Waals surface area contributed by atoms with Gasteiger partial charge < -0.3 is 24.4 Å². The van der Waals surface area contributed by atoms with Crippen molar-refractivity contribution in [3.63, 3.8) is 0 Å². The summed E-state index contributed by atoms with van der Waals surface area (Å²) in [6.45, 7) is 7.94. The molecule has 1 N–H and O–H groups in total. The molecule has 3 aromatic rings. The van der Waals surface area contributed by atoms with E-state index in [1.807, 2.05) is 6.07 Å². The van der Waals surface area contributed by atoms with Crippen molar-refractivity contribution in [2.24, 2.45) is 5.92 Å². The van der Waals surface area contributed by atoms with Gasteiger partial charge >= 0.3 is 0 Å². The van der Waals surface area contributed by atoms with Crippen LogP contribution in [-0.4, -0.2) is 67.9 Å². The summed E-state index contributed by atoms with van der Waals surface area (Å²) in [5, 5.41) is 14.5. The first-order chi connectivity index (χ1) is 17.4. The average molecular weight is 489 g/mol. The Labute approximate surface area is 215 Å². The van der Waals surface area contributed by atoms with Crippen LogP contribution in [0.2, 0.25) is 0 Å². The Hall–Kier alpha value is -2.44. The lowest BCUT2D eigenvalue weighted by molar-refractivity contribution is -0.114. The molecule has 0 aromatic heterocycles. The number of nitrogens with zero attached hydrogens (tertiary/aromatic N) is 2. The lowest BCUT2D eigenvalue weighted by Crippen LogP contribution is -2.52. The first-order valence-corrected chi connectivity index (χ1v) is 13.3. The fourth-order valence-electron chi connectivity index (χ4n) is 5.91. The van der Waals surface area contributed by atoms with E-state index < -0.39 is 5.60 Å². The number of hydrogen-bond donors (Lipinski definition) is 1. The van der Waals surface area contributed by atoms with E-state index in [-0.39, 0.29) is 12.0 Å². The lowest BCUT2D eigenvalue weighted by Gasteiger charge is -2.46. The van der Waals surface area contributed by atoms with Crippen molar-refractivity contribution in [1.29, 1.82) is 0 Å². The largest absolute Gasteiger partial charge is 0.497 e. The molecule has 1 saturated carbocycles. The van der Waals surface area contributed by atoms with Crippen LogP contribution >= 0.6 is 0 Å². The Morgan fingerprint density at radius 1 is 0.972 bits per heavy atom. The quantitative estimate of drug-likeness (QED) is 0.508. The number of likely N-dealkylation sites (N-methyl/N-ethyl adjacent to an activating group) is 1. The highest BCUT2D eigenvalue weighted by atomic mass is 16.5. The van der Waals surface area contributed by atoms with E-state index >= 15 is 0 Å². The highest BCUT2D eigenvalue weighted by Gasteiger charge is 2.44. The van der Waals surface area contributed by atoms with Gasteiger partial charge in [-0.25, -0.2) is 0 Å². The van der Waals surface area contributed by atoms with Crippen LogP contribution in [-0.2, 0) is 16.9 Å². The second kappa shape index (κ2) is 10.9. The van der Waals surface area contributed by atoms with Gasteiger partial charge in [-0.2, -0.15) is 0 Å². The van der Waals surface area contributed by atoms with E-state index in [9.17, 15) is 5.11 Å². The van der Waals surface area contributed by atoms with Crippen LogP contribution < -0.4 is 4.74 Å². The number of benzene rings is 3. The number of ether oxygens (including phenoxy) is 2. The normalized spacial score (nSPS) is 25.8. The van der Waals surface area contributed by atoms with Gasteiger partial charge in [-0.1, -0.05) is 42.5 Å². The molecule has 5 rings (SSSR count). The third-order valence-electron chi connectivity index (χ3n) is 8.43. The van der Waals surface area contributed by atoms with Crippen molar-refractivity contribution in [2.75, 3.05) is 46.9 Å². The van der Waals surface area contributed by atoms with Crippen molar-refractivity contribution in [1.82, 2.24) is 9.80 Å². The predicted molar refractivity (Wildman–Crippen MR) is 145 cm³/mol. The van der Waals surface area contributed by atoms with Gasteiger partial charge in [0, 0.05) is 38.6 Å². The van der Waals surface area contributed by atoms with Crippen LogP contribution in [0.3, 0.4) is 0 Å². The van der Waals surface area contributed by atoms with Gasteiger partial charge in [0.2, 0.25) is 0 Å². The second-order valence-electron chi connectivity index (χ2n) is 10.8. The smallest absolute Gasteiger partial charge is 0.119 e. The topological polar surface area (TPSA) is 45.2 Å². The van der Waals surface area contributed by atoms with E-state index in [1.165, 1.54) is 11.1 Å². The minimum Gasteiger partial charge on any atom is -0.497 e. The predicted octanol–water partition coefficient (Wildman–Crippen LogP) is 4.98. The molecule has 5 nitrogen and oxygen atoms in total.